The van der Waals surface area contributed by atoms with Gasteiger partial charge in [-0.25, -0.2) is 4.79 Å². The van der Waals surface area contributed by atoms with Crippen molar-refractivity contribution in [3.8, 4) is 0 Å². The predicted octanol–water partition coefficient (Wildman–Crippen LogP) is -0.647. The van der Waals surface area contributed by atoms with E-state index < -0.39 is 23.4 Å². The van der Waals surface area contributed by atoms with Crippen LogP contribution in [0, 0.1) is 10.1 Å². The van der Waals surface area contributed by atoms with Crippen LogP contribution < -0.4 is 0 Å². The molecule has 0 aromatic rings. The molecule has 0 N–H and O–H groups in total. The number of hydrogen-bond donors (Lipinski definition) is 0. The van der Waals surface area contributed by atoms with E-state index in [9.17, 15) is 19.7 Å². The van der Waals surface area contributed by atoms with Crippen molar-refractivity contribution in [3.63, 3.8) is 0 Å². The molecule has 0 aliphatic heterocycles. The molecular weight excluding hydrogens is 142 g/mol. The normalized spacial score (nSPS) is 8.50. The summed E-state index contributed by atoms with van der Waals surface area (Å²) in [5.41, 5.74) is 0. The topological polar surface area (TPSA) is 86.5 Å². The average Bonchev–Trinajstić information content (AvgIpc) is 1.58. The van der Waals surface area contributed by atoms with Crippen LogP contribution in [0.25, 0.3) is 0 Å². The van der Waals surface area contributed by atoms with Crippen molar-refractivity contribution in [3.05, 3.63) is 10.1 Å². The zero-order valence-electron chi connectivity index (χ0n) is 5.20. The predicted molar refractivity (Wildman–Crippen MR) is 28.6 cm³/mol. The first-order valence-corrected chi connectivity index (χ1v) is 2.35. The third-order valence-electron chi connectivity index (χ3n) is 0.516. The zero-order chi connectivity index (χ0) is 8.15. The van der Waals surface area contributed by atoms with E-state index in [1.807, 2.05) is 0 Å². The lowest BCUT2D eigenvalue weighted by molar-refractivity contribution is -0.469. The monoisotopic (exact) mass is 147 g/mol. The van der Waals surface area contributed by atoms with Crippen molar-refractivity contribution < 1.29 is 19.2 Å². The summed E-state index contributed by atoms with van der Waals surface area (Å²) in [5.74, 6) is -1.98. The summed E-state index contributed by atoms with van der Waals surface area (Å²) in [6.07, 6.45) is 0. The van der Waals surface area contributed by atoms with Crippen LogP contribution in [-0.2, 0) is 14.3 Å². The summed E-state index contributed by atoms with van der Waals surface area (Å²) in [4.78, 5) is 28.9. The molecule has 0 aromatic carbocycles. The number of nitro groups is 1. The lowest BCUT2D eigenvalue weighted by Crippen LogP contribution is -2.18. The van der Waals surface area contributed by atoms with Crippen LogP contribution >= 0.6 is 0 Å². The maximum atomic E-state index is 10.2. The maximum Gasteiger partial charge on any atom is 0.386 e. The molecular formula is C4H5NO5. The molecule has 0 aromatic heterocycles. The van der Waals surface area contributed by atoms with E-state index in [0.29, 0.717) is 0 Å². The Morgan fingerprint density at radius 1 is 1.60 bits per heavy atom. The second-order valence-electron chi connectivity index (χ2n) is 1.46. The fourth-order valence-electron chi connectivity index (χ4n) is 0.298. The van der Waals surface area contributed by atoms with Crippen LogP contribution in [0.2, 0.25) is 0 Å². The van der Waals surface area contributed by atoms with Gasteiger partial charge >= 0.3 is 11.9 Å². The summed E-state index contributed by atoms with van der Waals surface area (Å²) in [7, 11) is 0. The summed E-state index contributed by atoms with van der Waals surface area (Å²) < 4.78 is 3.84. The molecule has 0 bridgehead atoms. The Morgan fingerprint density at radius 2 is 2.10 bits per heavy atom. The van der Waals surface area contributed by atoms with Crippen molar-refractivity contribution in [2.24, 2.45) is 0 Å². The lowest BCUT2D eigenvalue weighted by Gasteiger charge is -1.92. The number of ether oxygens (including phenoxy) is 1. The van der Waals surface area contributed by atoms with Crippen LogP contribution in [0.3, 0.4) is 0 Å². The molecule has 56 valence electrons. The third kappa shape index (κ3) is 4.69. The van der Waals surface area contributed by atoms with Crippen molar-refractivity contribution in [2.75, 3.05) is 6.54 Å². The number of nitrogens with zero attached hydrogens (tertiary/aromatic N) is 1. The smallest absolute Gasteiger partial charge is 0.386 e. The van der Waals surface area contributed by atoms with Crippen LogP contribution in [0.5, 0.6) is 0 Å². The highest BCUT2D eigenvalue weighted by atomic mass is 16.6. The highest BCUT2D eigenvalue weighted by Crippen LogP contribution is 1.79. The Hall–Kier alpha value is -1.46. The van der Waals surface area contributed by atoms with Gasteiger partial charge in [-0.1, -0.05) is 0 Å². The molecule has 0 spiro atoms. The Balaban J connectivity index is 3.65. The van der Waals surface area contributed by atoms with Crippen molar-refractivity contribution in [1.29, 1.82) is 0 Å². The zero-order valence-corrected chi connectivity index (χ0v) is 5.20. The number of carbonyl (C=O) groups excluding carboxylic acids is 2. The van der Waals surface area contributed by atoms with Crippen LogP contribution in [0.1, 0.15) is 6.92 Å². The van der Waals surface area contributed by atoms with Gasteiger partial charge in [0.1, 0.15) is 0 Å². The fraction of sp³-hybridized carbons (Fsp3) is 0.500. The number of carbonyl (C=O) groups is 2. The van der Waals surface area contributed by atoms with Crippen LogP contribution in [0.15, 0.2) is 0 Å². The highest BCUT2D eigenvalue weighted by molar-refractivity contribution is 5.84. The number of hydrogen-bond acceptors (Lipinski definition) is 5. The van der Waals surface area contributed by atoms with E-state index in [0.717, 1.165) is 6.92 Å². The van der Waals surface area contributed by atoms with Gasteiger partial charge in [0, 0.05) is 11.8 Å². The number of rotatable bonds is 2. The first-order chi connectivity index (χ1) is 4.52. The Kier molecular flexibility index (Phi) is 3.03. The van der Waals surface area contributed by atoms with Gasteiger partial charge in [0.25, 0.3) is 6.54 Å². The van der Waals surface area contributed by atoms with E-state index in [4.69, 9.17) is 0 Å². The molecule has 0 saturated heterocycles. The summed E-state index contributed by atoms with van der Waals surface area (Å²) in [5, 5.41) is 9.58. The van der Waals surface area contributed by atoms with Crippen molar-refractivity contribution in [1.82, 2.24) is 0 Å². The van der Waals surface area contributed by atoms with Crippen molar-refractivity contribution >= 4 is 11.9 Å². The Morgan fingerprint density at radius 3 is 2.40 bits per heavy atom. The highest BCUT2D eigenvalue weighted by Gasteiger charge is 2.12. The van der Waals surface area contributed by atoms with Gasteiger partial charge in [-0.15, -0.1) is 0 Å². The minimum absolute atomic E-state index is 0.841. The molecule has 0 unspecified atom stereocenters. The summed E-state index contributed by atoms with van der Waals surface area (Å²) in [6, 6.07) is 0. The molecule has 0 atom stereocenters. The van der Waals surface area contributed by atoms with Gasteiger partial charge in [-0.05, 0) is 0 Å². The fourth-order valence-corrected chi connectivity index (χ4v) is 0.298. The van der Waals surface area contributed by atoms with Gasteiger partial charge in [-0.2, -0.15) is 0 Å². The molecule has 6 heteroatoms. The Labute approximate surface area is 55.9 Å². The quantitative estimate of drug-likeness (QED) is 0.224. The minimum Gasteiger partial charge on any atom is -0.388 e. The van der Waals surface area contributed by atoms with E-state index in [1.54, 1.807) is 0 Å². The molecule has 0 aliphatic carbocycles. The van der Waals surface area contributed by atoms with E-state index >= 15 is 0 Å². The first-order valence-electron chi connectivity index (χ1n) is 2.35. The SMILES string of the molecule is CC(=O)OC(=O)C[N+](=O)[O-]. The molecule has 6 nitrogen and oxygen atoms in total. The van der Waals surface area contributed by atoms with Crippen molar-refractivity contribution in [2.45, 2.75) is 6.92 Å². The number of esters is 2. The standard InChI is InChI=1S/C4H5NO5/c1-3(6)10-4(7)2-5(8)9/h2H2,1H3. The summed E-state index contributed by atoms with van der Waals surface area (Å²) in [6.45, 7) is 0.0252. The minimum atomic E-state index is -1.14. The van der Waals surface area contributed by atoms with Gasteiger partial charge in [0.15, 0.2) is 0 Å². The first kappa shape index (κ1) is 8.54. The summed E-state index contributed by atoms with van der Waals surface area (Å²) >= 11 is 0. The van der Waals surface area contributed by atoms with Gasteiger partial charge < -0.3 is 4.74 Å². The van der Waals surface area contributed by atoms with Crippen LogP contribution in [-0.4, -0.2) is 23.4 Å². The van der Waals surface area contributed by atoms with E-state index in [1.165, 1.54) is 0 Å². The third-order valence-corrected chi connectivity index (χ3v) is 0.516. The Bertz CT molecular complexity index is 156. The van der Waals surface area contributed by atoms with E-state index in [2.05, 4.69) is 4.74 Å². The second kappa shape index (κ2) is 3.54. The largest absolute Gasteiger partial charge is 0.388 e. The van der Waals surface area contributed by atoms with E-state index in [-0.39, 0.29) is 0 Å². The average molecular weight is 147 g/mol. The maximum absolute atomic E-state index is 10.2. The molecule has 0 aliphatic rings. The van der Waals surface area contributed by atoms with Gasteiger partial charge in [0.05, 0.1) is 0 Å². The molecule has 0 radical (unpaired) electrons. The van der Waals surface area contributed by atoms with Gasteiger partial charge in [-0.3, -0.25) is 14.9 Å². The van der Waals surface area contributed by atoms with Gasteiger partial charge in [0.2, 0.25) is 0 Å². The molecule has 0 heterocycles. The van der Waals surface area contributed by atoms with Crippen LogP contribution in [0.4, 0.5) is 0 Å². The molecule has 0 amide bonds. The molecule has 10 heavy (non-hydrogen) atoms. The lowest BCUT2D eigenvalue weighted by atomic mass is 10.7. The molecule has 0 fully saturated rings. The second-order valence-corrected chi connectivity index (χ2v) is 1.46. The molecule has 0 saturated carbocycles. The molecule has 0 rings (SSSR count).